The first-order chi connectivity index (χ1) is 11.1. The van der Waals surface area contributed by atoms with Crippen LogP contribution in [0.4, 0.5) is 8.78 Å². The molecule has 0 atom stereocenters. The minimum absolute atomic E-state index is 0.263. The third-order valence-electron chi connectivity index (χ3n) is 3.32. The van der Waals surface area contributed by atoms with Gasteiger partial charge in [0.1, 0.15) is 5.82 Å². The van der Waals surface area contributed by atoms with Crippen LogP contribution in [0.2, 0.25) is 0 Å². The Morgan fingerprint density at radius 2 is 1.87 bits per heavy atom. The summed E-state index contributed by atoms with van der Waals surface area (Å²) in [4.78, 5) is 5.80. The normalized spacial score (nSPS) is 11.5. The Balaban J connectivity index is 1.73. The van der Waals surface area contributed by atoms with E-state index in [9.17, 15) is 8.78 Å². The fourth-order valence-electron chi connectivity index (χ4n) is 2.26. The van der Waals surface area contributed by atoms with Gasteiger partial charge < -0.3 is 0 Å². The first-order valence-corrected chi connectivity index (χ1v) is 6.96. The van der Waals surface area contributed by atoms with Gasteiger partial charge in [-0.1, -0.05) is 18.2 Å². The van der Waals surface area contributed by atoms with E-state index < -0.39 is 6.55 Å². The molecule has 0 aliphatic rings. The maximum atomic E-state index is 12.8. The van der Waals surface area contributed by atoms with Crippen LogP contribution in [-0.4, -0.2) is 41.7 Å². The van der Waals surface area contributed by atoms with E-state index in [-0.39, 0.29) is 6.54 Å². The predicted molar refractivity (Wildman–Crippen MR) is 77.8 cm³/mol. The number of hydrogen-bond donors (Lipinski definition) is 0. The van der Waals surface area contributed by atoms with Crippen molar-refractivity contribution in [2.75, 3.05) is 7.05 Å². The summed E-state index contributed by atoms with van der Waals surface area (Å²) < 4.78 is 28.1. The van der Waals surface area contributed by atoms with Crippen LogP contribution in [0.15, 0.2) is 42.7 Å². The van der Waals surface area contributed by atoms with Crippen molar-refractivity contribution >= 4 is 0 Å². The lowest BCUT2D eigenvalue weighted by Gasteiger charge is -2.16. The maximum absolute atomic E-state index is 12.8. The van der Waals surface area contributed by atoms with Gasteiger partial charge in [0.2, 0.25) is 0 Å². The molecule has 0 spiro atoms. The number of hydrogen-bond acceptors (Lipinski definition) is 5. The second kappa shape index (κ2) is 6.61. The van der Waals surface area contributed by atoms with Crippen molar-refractivity contribution in [2.24, 2.45) is 0 Å². The monoisotopic (exact) mass is 319 g/mol. The van der Waals surface area contributed by atoms with Gasteiger partial charge in [-0.3, -0.25) is 9.47 Å². The van der Waals surface area contributed by atoms with Gasteiger partial charge in [0.25, 0.3) is 0 Å². The second-order valence-corrected chi connectivity index (χ2v) is 5.04. The van der Waals surface area contributed by atoms with Crippen LogP contribution < -0.4 is 0 Å². The fourth-order valence-corrected chi connectivity index (χ4v) is 2.26. The van der Waals surface area contributed by atoms with E-state index in [1.54, 1.807) is 11.7 Å². The molecule has 0 aliphatic heterocycles. The fraction of sp³-hybridized carbons (Fsp3) is 0.286. The molecular weight excluding hydrogens is 304 g/mol. The van der Waals surface area contributed by atoms with Crippen molar-refractivity contribution < 1.29 is 8.78 Å². The van der Waals surface area contributed by atoms with Crippen LogP contribution in [-0.2, 0) is 13.1 Å². The lowest BCUT2D eigenvalue weighted by Crippen LogP contribution is -2.22. The molecule has 1 aromatic carbocycles. The molecule has 0 aliphatic carbocycles. The van der Waals surface area contributed by atoms with Crippen LogP contribution in [0.1, 0.15) is 18.2 Å². The SMILES string of the molecule is CN(Cc1nccn1C(F)F)Cc1nnnn1-c1ccccc1. The highest BCUT2D eigenvalue weighted by Crippen LogP contribution is 2.14. The Labute approximate surface area is 131 Å². The van der Waals surface area contributed by atoms with Crippen molar-refractivity contribution in [3.05, 3.63) is 54.4 Å². The van der Waals surface area contributed by atoms with Crippen LogP contribution in [0.5, 0.6) is 0 Å². The van der Waals surface area contributed by atoms with Gasteiger partial charge in [0.05, 0.1) is 18.8 Å². The molecule has 3 aromatic rings. The minimum Gasteiger partial charge on any atom is -0.291 e. The van der Waals surface area contributed by atoms with E-state index >= 15 is 0 Å². The summed E-state index contributed by atoms with van der Waals surface area (Å²) in [6, 6.07) is 9.48. The summed E-state index contributed by atoms with van der Waals surface area (Å²) in [5.41, 5.74) is 0.843. The quantitative estimate of drug-likeness (QED) is 0.694. The summed E-state index contributed by atoms with van der Waals surface area (Å²) in [6.45, 7) is -1.94. The van der Waals surface area contributed by atoms with Gasteiger partial charge >= 0.3 is 6.55 Å². The van der Waals surface area contributed by atoms with E-state index in [0.717, 1.165) is 10.3 Å². The molecule has 9 heteroatoms. The maximum Gasteiger partial charge on any atom is 0.319 e. The molecule has 0 bridgehead atoms. The van der Waals surface area contributed by atoms with Gasteiger partial charge in [-0.2, -0.15) is 13.5 Å². The van der Waals surface area contributed by atoms with Crippen molar-refractivity contribution in [1.82, 2.24) is 34.7 Å². The average molecular weight is 319 g/mol. The second-order valence-electron chi connectivity index (χ2n) is 5.04. The molecular formula is C14H15F2N7. The summed E-state index contributed by atoms with van der Waals surface area (Å²) in [5, 5.41) is 11.7. The van der Waals surface area contributed by atoms with Gasteiger partial charge in [-0.25, -0.2) is 4.98 Å². The van der Waals surface area contributed by atoms with Gasteiger partial charge in [0, 0.05) is 12.4 Å². The van der Waals surface area contributed by atoms with Crippen LogP contribution in [0.3, 0.4) is 0 Å². The number of benzene rings is 1. The third-order valence-corrected chi connectivity index (χ3v) is 3.32. The van der Waals surface area contributed by atoms with Gasteiger partial charge in [-0.05, 0) is 29.6 Å². The van der Waals surface area contributed by atoms with E-state index in [1.807, 2.05) is 35.2 Å². The number of nitrogens with zero attached hydrogens (tertiary/aromatic N) is 7. The molecule has 0 saturated heterocycles. The van der Waals surface area contributed by atoms with Crippen molar-refractivity contribution in [2.45, 2.75) is 19.6 Å². The number of alkyl halides is 2. The third kappa shape index (κ3) is 3.39. The zero-order valence-corrected chi connectivity index (χ0v) is 12.4. The molecule has 0 N–H and O–H groups in total. The number of tetrazole rings is 1. The van der Waals surface area contributed by atoms with Crippen molar-refractivity contribution in [3.8, 4) is 5.69 Å². The molecule has 2 heterocycles. The first-order valence-electron chi connectivity index (χ1n) is 6.96. The Bertz CT molecular complexity index is 753. The molecule has 23 heavy (non-hydrogen) atoms. The molecule has 0 amide bonds. The van der Waals surface area contributed by atoms with E-state index in [2.05, 4.69) is 20.5 Å². The largest absolute Gasteiger partial charge is 0.319 e. The molecule has 0 fully saturated rings. The number of aromatic nitrogens is 6. The lowest BCUT2D eigenvalue weighted by molar-refractivity contribution is 0.0643. The minimum atomic E-state index is -2.60. The molecule has 7 nitrogen and oxygen atoms in total. The topological polar surface area (TPSA) is 64.7 Å². The van der Waals surface area contributed by atoms with E-state index in [1.165, 1.54) is 12.4 Å². The van der Waals surface area contributed by atoms with Crippen LogP contribution >= 0.6 is 0 Å². The Morgan fingerprint density at radius 3 is 2.61 bits per heavy atom. The molecule has 0 radical (unpaired) electrons. The Kier molecular flexibility index (Phi) is 4.38. The van der Waals surface area contributed by atoms with Crippen LogP contribution in [0, 0.1) is 0 Å². The van der Waals surface area contributed by atoms with E-state index in [0.29, 0.717) is 18.2 Å². The Hall–Kier alpha value is -2.68. The lowest BCUT2D eigenvalue weighted by atomic mass is 10.3. The molecule has 0 saturated carbocycles. The highest BCUT2D eigenvalue weighted by atomic mass is 19.3. The average Bonchev–Trinajstić information content (AvgIpc) is 3.17. The molecule has 120 valence electrons. The van der Waals surface area contributed by atoms with Gasteiger partial charge in [-0.15, -0.1) is 5.10 Å². The smallest absolute Gasteiger partial charge is 0.291 e. The summed E-state index contributed by atoms with van der Waals surface area (Å²) in [6.07, 6.45) is 2.63. The highest BCUT2D eigenvalue weighted by molar-refractivity contribution is 5.30. The molecule has 3 rings (SSSR count). The summed E-state index contributed by atoms with van der Waals surface area (Å²) >= 11 is 0. The molecule has 0 unspecified atom stereocenters. The Morgan fingerprint density at radius 1 is 1.13 bits per heavy atom. The van der Waals surface area contributed by atoms with Gasteiger partial charge in [0.15, 0.2) is 5.82 Å². The summed E-state index contributed by atoms with van der Waals surface area (Å²) in [7, 11) is 1.80. The number of imidazole rings is 1. The summed E-state index contributed by atoms with van der Waals surface area (Å²) in [5.74, 6) is 0.912. The zero-order valence-electron chi connectivity index (χ0n) is 12.4. The van der Waals surface area contributed by atoms with E-state index in [4.69, 9.17) is 0 Å². The van der Waals surface area contributed by atoms with Crippen LogP contribution in [0.25, 0.3) is 5.69 Å². The number of rotatable bonds is 6. The highest BCUT2D eigenvalue weighted by Gasteiger charge is 2.15. The standard InChI is InChI=1S/C14H15F2N7/c1-21(9-12-17-7-8-22(12)14(15)16)10-13-18-19-20-23(13)11-5-3-2-4-6-11/h2-8,14H,9-10H2,1H3. The zero-order chi connectivity index (χ0) is 16.2. The number of halogens is 2. The van der Waals surface area contributed by atoms with Crippen molar-refractivity contribution in [1.29, 1.82) is 0 Å². The van der Waals surface area contributed by atoms with Crippen molar-refractivity contribution in [3.63, 3.8) is 0 Å². The predicted octanol–water partition coefficient (Wildman–Crippen LogP) is 1.89. The molecule has 2 aromatic heterocycles. The number of para-hydroxylation sites is 1. The first kappa shape index (κ1) is 15.2.